The van der Waals surface area contributed by atoms with Crippen molar-refractivity contribution in [2.45, 2.75) is 33.0 Å². The number of hydrogen-bond donors (Lipinski definition) is 1. The fourth-order valence-corrected chi connectivity index (χ4v) is 3.04. The number of benzene rings is 1. The molecule has 1 aromatic rings. The van der Waals surface area contributed by atoms with Crippen molar-refractivity contribution < 1.29 is 14.3 Å². The smallest absolute Gasteiger partial charge is 0.339 e. The summed E-state index contributed by atoms with van der Waals surface area (Å²) in [5, 5.41) is 3.42. The van der Waals surface area contributed by atoms with E-state index < -0.39 is 0 Å². The van der Waals surface area contributed by atoms with Crippen molar-refractivity contribution in [3.63, 3.8) is 0 Å². The number of esters is 1. The van der Waals surface area contributed by atoms with Gasteiger partial charge in [0.1, 0.15) is 17.4 Å². The molecule has 0 fully saturated rings. The van der Waals surface area contributed by atoms with E-state index in [9.17, 15) is 4.79 Å². The van der Waals surface area contributed by atoms with Gasteiger partial charge >= 0.3 is 5.97 Å². The van der Waals surface area contributed by atoms with Crippen LogP contribution in [0.4, 0.5) is 11.4 Å². The summed E-state index contributed by atoms with van der Waals surface area (Å²) in [5.74, 6) is 0.340. The number of hydrogen-bond acceptors (Lipinski definition) is 5. The largest absolute Gasteiger partial charge is 0.472 e. The average molecular weight is 288 g/mol. The Balaban J connectivity index is 1.98. The highest BCUT2D eigenvalue weighted by Crippen LogP contribution is 2.40. The first kappa shape index (κ1) is 13.8. The van der Waals surface area contributed by atoms with E-state index in [1.165, 1.54) is 0 Å². The fourth-order valence-electron chi connectivity index (χ4n) is 3.04. The van der Waals surface area contributed by atoms with E-state index in [-0.39, 0.29) is 18.2 Å². The number of carbonyl (C=O) groups is 1. The van der Waals surface area contributed by atoms with E-state index >= 15 is 0 Å². The van der Waals surface area contributed by atoms with Crippen LogP contribution in [-0.4, -0.2) is 31.4 Å². The Morgan fingerprint density at radius 1 is 1.38 bits per heavy atom. The lowest BCUT2D eigenvalue weighted by molar-refractivity contribution is -0.138. The van der Waals surface area contributed by atoms with Crippen LogP contribution >= 0.6 is 0 Å². The predicted octanol–water partition coefficient (Wildman–Crippen LogP) is 2.50. The predicted molar refractivity (Wildman–Crippen MR) is 81.1 cm³/mol. The van der Waals surface area contributed by atoms with Crippen LogP contribution in [0.25, 0.3) is 0 Å². The second-order valence-corrected chi connectivity index (χ2v) is 5.12. The van der Waals surface area contributed by atoms with Crippen molar-refractivity contribution in [1.82, 2.24) is 0 Å². The molecule has 0 bridgehead atoms. The summed E-state index contributed by atoms with van der Waals surface area (Å²) in [6.45, 7) is 6.89. The van der Waals surface area contributed by atoms with E-state index in [1.807, 2.05) is 32.0 Å². The third-order valence-corrected chi connectivity index (χ3v) is 3.94. The highest BCUT2D eigenvalue weighted by atomic mass is 16.5. The number of carbonyl (C=O) groups excluding carboxylic acids is 1. The monoisotopic (exact) mass is 288 g/mol. The van der Waals surface area contributed by atoms with Gasteiger partial charge in [0.25, 0.3) is 0 Å². The lowest BCUT2D eigenvalue weighted by Crippen LogP contribution is -2.50. The summed E-state index contributed by atoms with van der Waals surface area (Å²) in [4.78, 5) is 14.4. The van der Waals surface area contributed by atoms with Crippen LogP contribution in [0.1, 0.15) is 20.8 Å². The van der Waals surface area contributed by atoms with Crippen molar-refractivity contribution in [1.29, 1.82) is 0 Å². The third kappa shape index (κ3) is 2.13. The van der Waals surface area contributed by atoms with E-state index in [1.54, 1.807) is 0 Å². The molecule has 5 heteroatoms. The molecule has 3 rings (SSSR count). The number of nitrogens with zero attached hydrogens (tertiary/aromatic N) is 1. The van der Waals surface area contributed by atoms with Crippen molar-refractivity contribution in [3.8, 4) is 0 Å². The van der Waals surface area contributed by atoms with Gasteiger partial charge in [0.2, 0.25) is 0 Å². The summed E-state index contributed by atoms with van der Waals surface area (Å²) >= 11 is 0. The Morgan fingerprint density at radius 2 is 2.14 bits per heavy atom. The first-order chi connectivity index (χ1) is 10.2. The minimum Gasteiger partial charge on any atom is -0.472 e. The first-order valence-electron chi connectivity index (χ1n) is 7.34. The summed E-state index contributed by atoms with van der Waals surface area (Å²) in [6.07, 6.45) is -0.204. The minimum absolute atomic E-state index is 0.195. The molecule has 1 aromatic carbocycles. The van der Waals surface area contributed by atoms with Crippen LogP contribution in [0.15, 0.2) is 35.6 Å². The normalized spacial score (nSPS) is 23.1. The van der Waals surface area contributed by atoms with Crippen LogP contribution in [0.2, 0.25) is 0 Å². The van der Waals surface area contributed by atoms with Gasteiger partial charge in [-0.05, 0) is 32.9 Å². The zero-order valence-corrected chi connectivity index (χ0v) is 12.6. The molecular weight excluding hydrogens is 268 g/mol. The molecule has 5 nitrogen and oxygen atoms in total. The molecule has 0 aliphatic carbocycles. The molecular formula is C16H20N2O3. The zero-order chi connectivity index (χ0) is 15.0. The molecule has 0 unspecified atom stereocenters. The summed E-state index contributed by atoms with van der Waals surface area (Å²) in [5.41, 5.74) is 2.70. The van der Waals surface area contributed by atoms with Crippen LogP contribution in [0, 0.1) is 0 Å². The molecule has 1 N–H and O–H groups in total. The maximum absolute atomic E-state index is 12.2. The summed E-state index contributed by atoms with van der Waals surface area (Å²) in [6, 6.07) is 7.87. The molecule has 0 radical (unpaired) electrons. The van der Waals surface area contributed by atoms with Gasteiger partial charge in [-0.1, -0.05) is 12.1 Å². The van der Waals surface area contributed by atoms with Crippen molar-refractivity contribution in [2.75, 3.05) is 23.4 Å². The quantitative estimate of drug-likeness (QED) is 0.866. The highest BCUT2D eigenvalue weighted by molar-refractivity contribution is 5.93. The van der Waals surface area contributed by atoms with E-state index in [0.29, 0.717) is 17.9 Å². The molecule has 2 aliphatic heterocycles. The van der Waals surface area contributed by atoms with Gasteiger partial charge in [0.05, 0.1) is 18.0 Å². The minimum atomic E-state index is -0.301. The lowest BCUT2D eigenvalue weighted by atomic mass is 10.0. The Kier molecular flexibility index (Phi) is 3.49. The number of anilines is 2. The molecule has 21 heavy (non-hydrogen) atoms. The first-order valence-corrected chi connectivity index (χ1v) is 7.34. The molecule has 0 aromatic heterocycles. The number of ether oxygens (including phenoxy) is 2. The number of likely N-dealkylation sites (N-methyl/N-ethyl adjacent to an activating group) is 1. The molecule has 0 saturated heterocycles. The molecule has 112 valence electrons. The maximum atomic E-state index is 12.2. The van der Waals surface area contributed by atoms with Gasteiger partial charge < -0.3 is 19.7 Å². The van der Waals surface area contributed by atoms with Crippen molar-refractivity contribution in [2.24, 2.45) is 0 Å². The van der Waals surface area contributed by atoms with Crippen LogP contribution in [-0.2, 0) is 14.3 Å². The maximum Gasteiger partial charge on any atom is 0.339 e. The standard InChI is InChI=1S/C16H20N2O3/c1-4-18-12-9-7-6-8-11(12)17-14-13(16(19)20-5-2)10(3)21-15(14)18/h6-9,14-15,17H,4-5H2,1-3H3/t14-,15+/m0/s1. The van der Waals surface area contributed by atoms with Gasteiger partial charge in [-0.25, -0.2) is 4.79 Å². The number of nitrogens with one attached hydrogen (secondary N) is 1. The number of para-hydroxylation sites is 2. The van der Waals surface area contributed by atoms with Crippen LogP contribution in [0.5, 0.6) is 0 Å². The molecule has 0 spiro atoms. The van der Waals surface area contributed by atoms with Crippen LogP contribution < -0.4 is 10.2 Å². The van der Waals surface area contributed by atoms with Crippen molar-refractivity contribution >= 4 is 17.3 Å². The SMILES string of the molecule is CCOC(=O)C1=C(C)O[C@@H]2[C@H]1Nc1ccccc1N2CC. The van der Waals surface area contributed by atoms with Gasteiger partial charge in [0.15, 0.2) is 6.23 Å². The average Bonchev–Trinajstić information content (AvgIpc) is 2.80. The van der Waals surface area contributed by atoms with E-state index in [2.05, 4.69) is 23.2 Å². The van der Waals surface area contributed by atoms with Crippen LogP contribution in [0.3, 0.4) is 0 Å². The summed E-state index contributed by atoms with van der Waals surface area (Å²) < 4.78 is 11.1. The second kappa shape index (κ2) is 5.31. The van der Waals surface area contributed by atoms with Gasteiger partial charge in [-0.2, -0.15) is 0 Å². The molecule has 2 aliphatic rings. The zero-order valence-electron chi connectivity index (χ0n) is 12.6. The molecule has 2 heterocycles. The second-order valence-electron chi connectivity index (χ2n) is 5.12. The van der Waals surface area contributed by atoms with E-state index in [4.69, 9.17) is 9.47 Å². The topological polar surface area (TPSA) is 50.8 Å². The van der Waals surface area contributed by atoms with Gasteiger partial charge in [-0.15, -0.1) is 0 Å². The number of allylic oxidation sites excluding steroid dienone is 1. The molecule has 0 amide bonds. The van der Waals surface area contributed by atoms with E-state index in [0.717, 1.165) is 17.9 Å². The number of rotatable bonds is 3. The van der Waals surface area contributed by atoms with Gasteiger partial charge in [0, 0.05) is 6.54 Å². The van der Waals surface area contributed by atoms with Crippen molar-refractivity contribution in [3.05, 3.63) is 35.6 Å². The summed E-state index contributed by atoms with van der Waals surface area (Å²) in [7, 11) is 0. The molecule has 0 saturated carbocycles. The Hall–Kier alpha value is -2.17. The lowest BCUT2D eigenvalue weighted by Gasteiger charge is -2.40. The Morgan fingerprint density at radius 3 is 2.86 bits per heavy atom. The fraction of sp³-hybridized carbons (Fsp3) is 0.438. The Labute approximate surface area is 124 Å². The Bertz CT molecular complexity index is 597. The third-order valence-electron chi connectivity index (χ3n) is 3.94. The number of fused-ring (bicyclic) bond motifs is 2. The highest BCUT2D eigenvalue weighted by Gasteiger charge is 2.45. The molecule has 2 atom stereocenters. The van der Waals surface area contributed by atoms with Gasteiger partial charge in [-0.3, -0.25) is 0 Å².